The van der Waals surface area contributed by atoms with E-state index in [9.17, 15) is 14.7 Å². The van der Waals surface area contributed by atoms with E-state index in [2.05, 4.69) is 4.98 Å². The molecular formula is C32H22Cl2N2O5S. The highest BCUT2D eigenvalue weighted by Gasteiger charge is 2.48. The van der Waals surface area contributed by atoms with Gasteiger partial charge in [0.05, 0.1) is 28.9 Å². The summed E-state index contributed by atoms with van der Waals surface area (Å²) < 4.78 is 12.4. The molecule has 210 valence electrons. The Hall–Kier alpha value is -4.37. The monoisotopic (exact) mass is 616 g/mol. The summed E-state index contributed by atoms with van der Waals surface area (Å²) in [4.78, 5) is 33.1. The molecule has 0 saturated carbocycles. The molecule has 0 radical (unpaired) electrons. The normalized spacial score (nSPS) is 16.3. The van der Waals surface area contributed by atoms with E-state index < -0.39 is 17.7 Å². The van der Waals surface area contributed by atoms with Crippen LogP contribution in [-0.2, 0) is 16.2 Å². The summed E-state index contributed by atoms with van der Waals surface area (Å²) in [5.41, 5.74) is 2.38. The fraction of sp³-hybridized carbons (Fsp3) is 0.0938. The number of aromatic nitrogens is 1. The van der Waals surface area contributed by atoms with Gasteiger partial charge in [-0.15, -0.1) is 0 Å². The number of benzene rings is 4. The van der Waals surface area contributed by atoms with Crippen LogP contribution in [0.15, 0.2) is 96.6 Å². The molecule has 5 aromatic rings. The van der Waals surface area contributed by atoms with Crippen LogP contribution < -0.4 is 14.4 Å². The van der Waals surface area contributed by atoms with Crippen LogP contribution in [0, 0.1) is 0 Å². The maximum atomic E-state index is 13.6. The molecule has 1 unspecified atom stereocenters. The second-order valence-electron chi connectivity index (χ2n) is 9.47. The Morgan fingerprint density at radius 1 is 0.929 bits per heavy atom. The quantitative estimate of drug-likeness (QED) is 0.114. The molecule has 2 heterocycles. The molecule has 7 nitrogen and oxygen atoms in total. The number of Topliss-reactive ketones (excluding diaryl/α,β-unsaturated/α-hetero) is 1. The molecule has 1 aromatic heterocycles. The minimum absolute atomic E-state index is 0.0837. The summed E-state index contributed by atoms with van der Waals surface area (Å²) in [5, 5.41) is 12.7. The van der Waals surface area contributed by atoms with E-state index in [4.69, 9.17) is 32.7 Å². The number of aliphatic hydroxyl groups is 1. The molecule has 6 rings (SSSR count). The highest BCUT2D eigenvalue weighted by atomic mass is 35.5. The molecule has 42 heavy (non-hydrogen) atoms. The van der Waals surface area contributed by atoms with E-state index in [1.807, 2.05) is 30.3 Å². The maximum absolute atomic E-state index is 13.6. The predicted molar refractivity (Wildman–Crippen MR) is 165 cm³/mol. The molecule has 10 heteroatoms. The zero-order valence-electron chi connectivity index (χ0n) is 22.1. The van der Waals surface area contributed by atoms with Gasteiger partial charge in [-0.25, -0.2) is 4.98 Å². The predicted octanol–water partition coefficient (Wildman–Crippen LogP) is 7.82. The lowest BCUT2D eigenvalue weighted by molar-refractivity contribution is -0.132. The van der Waals surface area contributed by atoms with Gasteiger partial charge in [-0.05, 0) is 65.7 Å². The lowest BCUT2D eigenvalue weighted by Crippen LogP contribution is -2.29. The molecule has 0 spiro atoms. The van der Waals surface area contributed by atoms with Gasteiger partial charge in [0.25, 0.3) is 5.78 Å². The van der Waals surface area contributed by atoms with Crippen molar-refractivity contribution in [1.82, 2.24) is 4.98 Å². The number of hydrogen-bond acceptors (Lipinski definition) is 7. The Kier molecular flexibility index (Phi) is 7.60. The van der Waals surface area contributed by atoms with Gasteiger partial charge in [0, 0.05) is 15.6 Å². The minimum Gasteiger partial charge on any atom is -0.507 e. The number of carbonyl (C=O) groups excluding carboxylic acids is 2. The third-order valence-electron chi connectivity index (χ3n) is 6.85. The van der Waals surface area contributed by atoms with Crippen molar-refractivity contribution in [3.8, 4) is 11.5 Å². The smallest absolute Gasteiger partial charge is 0.301 e. The lowest BCUT2D eigenvalue weighted by Gasteiger charge is -2.24. The number of halogens is 2. The summed E-state index contributed by atoms with van der Waals surface area (Å²) in [6, 6.07) is 25.4. The Morgan fingerprint density at radius 2 is 1.67 bits per heavy atom. The molecule has 0 aliphatic carbocycles. The number of anilines is 1. The topological polar surface area (TPSA) is 89.0 Å². The summed E-state index contributed by atoms with van der Waals surface area (Å²) >= 11 is 13.5. The fourth-order valence-corrected chi connectivity index (χ4v) is 6.20. The van der Waals surface area contributed by atoms with Crippen molar-refractivity contribution in [2.75, 3.05) is 12.0 Å². The standard InChI is InChI=1S/C32H22Cl2N2O5S/c1-40-25-15-20(9-14-24(25)41-17-18-5-3-2-4-6-18)28-27(29(37)19-7-10-21(33)11-8-19)30(38)31(39)36(28)32-35-23-13-12-22(34)16-26(23)42-32/h2-16,28,37H,17H2,1H3/b29-27+. The number of ketones is 1. The Morgan fingerprint density at radius 3 is 2.40 bits per heavy atom. The zero-order chi connectivity index (χ0) is 29.4. The molecule has 1 amide bonds. The van der Waals surface area contributed by atoms with Crippen molar-refractivity contribution in [2.24, 2.45) is 0 Å². The molecule has 1 aliphatic rings. The first-order chi connectivity index (χ1) is 20.3. The summed E-state index contributed by atoms with van der Waals surface area (Å²) in [5.74, 6) is -1.10. The van der Waals surface area contributed by atoms with Gasteiger partial charge < -0.3 is 14.6 Å². The van der Waals surface area contributed by atoms with Gasteiger partial charge in [-0.1, -0.05) is 70.9 Å². The van der Waals surface area contributed by atoms with Crippen LogP contribution in [0.5, 0.6) is 11.5 Å². The highest BCUT2D eigenvalue weighted by molar-refractivity contribution is 7.22. The number of aliphatic hydroxyl groups excluding tert-OH is 1. The first kappa shape index (κ1) is 27.8. The number of methoxy groups -OCH3 is 1. The van der Waals surface area contributed by atoms with Crippen molar-refractivity contribution in [2.45, 2.75) is 12.6 Å². The summed E-state index contributed by atoms with van der Waals surface area (Å²) in [7, 11) is 1.51. The van der Waals surface area contributed by atoms with E-state index in [-0.39, 0.29) is 16.5 Å². The van der Waals surface area contributed by atoms with E-state index in [1.54, 1.807) is 60.7 Å². The number of thiazole rings is 1. The number of amides is 1. The van der Waals surface area contributed by atoms with Crippen molar-refractivity contribution in [1.29, 1.82) is 0 Å². The SMILES string of the molecule is COc1cc(C2/C(=C(\O)c3ccc(Cl)cc3)C(=O)C(=O)N2c2nc3ccc(Cl)cc3s2)ccc1OCc1ccccc1. The van der Waals surface area contributed by atoms with Gasteiger partial charge in [0.1, 0.15) is 12.4 Å². The first-order valence-electron chi connectivity index (χ1n) is 12.8. The number of carbonyl (C=O) groups is 2. The summed E-state index contributed by atoms with van der Waals surface area (Å²) in [6.07, 6.45) is 0. The number of nitrogens with zero attached hydrogens (tertiary/aromatic N) is 2. The maximum Gasteiger partial charge on any atom is 0.301 e. The van der Waals surface area contributed by atoms with Crippen molar-refractivity contribution < 1.29 is 24.2 Å². The van der Waals surface area contributed by atoms with Crippen LogP contribution in [-0.4, -0.2) is 28.9 Å². The molecule has 1 aliphatic heterocycles. The van der Waals surface area contributed by atoms with Crippen LogP contribution in [0.3, 0.4) is 0 Å². The van der Waals surface area contributed by atoms with Crippen LogP contribution in [0.25, 0.3) is 16.0 Å². The van der Waals surface area contributed by atoms with Crippen LogP contribution in [0.2, 0.25) is 10.0 Å². The fourth-order valence-electron chi connectivity index (χ4n) is 4.81. The third kappa shape index (κ3) is 5.20. The highest BCUT2D eigenvalue weighted by Crippen LogP contribution is 2.46. The van der Waals surface area contributed by atoms with Gasteiger partial charge in [-0.2, -0.15) is 0 Å². The summed E-state index contributed by atoms with van der Waals surface area (Å²) in [6.45, 7) is 0.319. The Balaban J connectivity index is 1.48. The van der Waals surface area contributed by atoms with Crippen LogP contribution in [0.1, 0.15) is 22.7 Å². The molecule has 1 N–H and O–H groups in total. The molecular weight excluding hydrogens is 595 g/mol. The van der Waals surface area contributed by atoms with Crippen molar-refractivity contribution >= 4 is 67.3 Å². The molecule has 1 atom stereocenters. The van der Waals surface area contributed by atoms with E-state index in [0.29, 0.717) is 44.8 Å². The van der Waals surface area contributed by atoms with E-state index in [0.717, 1.165) is 10.3 Å². The second kappa shape index (κ2) is 11.5. The van der Waals surface area contributed by atoms with Gasteiger partial charge in [0.2, 0.25) is 0 Å². The van der Waals surface area contributed by atoms with Crippen molar-refractivity contribution in [3.63, 3.8) is 0 Å². The molecule has 0 bridgehead atoms. The average Bonchev–Trinajstić information content (AvgIpc) is 3.53. The number of hydrogen-bond donors (Lipinski definition) is 1. The number of fused-ring (bicyclic) bond motifs is 1. The second-order valence-corrected chi connectivity index (χ2v) is 11.4. The molecule has 4 aromatic carbocycles. The van der Waals surface area contributed by atoms with Gasteiger partial charge in [-0.3, -0.25) is 14.5 Å². The third-order valence-corrected chi connectivity index (χ3v) is 8.35. The average molecular weight is 618 g/mol. The van der Waals surface area contributed by atoms with E-state index >= 15 is 0 Å². The Labute approximate surface area is 255 Å². The molecule has 1 fully saturated rings. The van der Waals surface area contributed by atoms with E-state index in [1.165, 1.54) is 23.3 Å². The van der Waals surface area contributed by atoms with Gasteiger partial charge >= 0.3 is 5.91 Å². The first-order valence-corrected chi connectivity index (χ1v) is 14.4. The zero-order valence-corrected chi connectivity index (χ0v) is 24.4. The molecule has 1 saturated heterocycles. The minimum atomic E-state index is -1.01. The largest absolute Gasteiger partial charge is 0.507 e. The van der Waals surface area contributed by atoms with Crippen LogP contribution in [0.4, 0.5) is 5.13 Å². The number of rotatable bonds is 7. The van der Waals surface area contributed by atoms with Crippen LogP contribution >= 0.6 is 34.5 Å². The lowest BCUT2D eigenvalue weighted by atomic mass is 9.95. The Bertz CT molecular complexity index is 1850. The number of ether oxygens (including phenoxy) is 2. The van der Waals surface area contributed by atoms with Gasteiger partial charge in [0.15, 0.2) is 16.6 Å². The van der Waals surface area contributed by atoms with Crippen molar-refractivity contribution in [3.05, 3.63) is 123 Å².